The Kier molecular flexibility index (Phi) is 7.98. The molecule has 3 amide bonds. The molecule has 2 aromatic carbocycles. The number of carbonyl (C=O) groups excluding carboxylic acids is 2. The zero-order chi connectivity index (χ0) is 23.3. The first-order chi connectivity index (χ1) is 15.3. The van der Waals surface area contributed by atoms with Crippen LogP contribution in [0.3, 0.4) is 0 Å². The number of halogens is 1. The largest absolute Gasteiger partial charge is 0.326 e. The smallest absolute Gasteiger partial charge is 0.319 e. The number of nitrogens with one attached hydrogen (secondary N) is 3. The molecule has 3 rings (SSSR count). The van der Waals surface area contributed by atoms with Gasteiger partial charge < -0.3 is 10.6 Å². The number of hydrogen-bond acceptors (Lipinski definition) is 5. The Hall–Kier alpha value is -2.78. The fraction of sp³-hybridized carbons (Fsp3) is 0.304. The highest BCUT2D eigenvalue weighted by Crippen LogP contribution is 2.27. The fourth-order valence-electron chi connectivity index (χ4n) is 3.00. The number of anilines is 2. The van der Waals surface area contributed by atoms with Gasteiger partial charge in [-0.2, -0.15) is 0 Å². The van der Waals surface area contributed by atoms with Gasteiger partial charge in [-0.15, -0.1) is 10.2 Å². The van der Waals surface area contributed by atoms with Crippen LogP contribution in [-0.2, 0) is 4.79 Å². The fourth-order valence-corrected chi connectivity index (χ4v) is 4.01. The zero-order valence-corrected chi connectivity index (χ0v) is 20.8. The van der Waals surface area contributed by atoms with Crippen LogP contribution in [0.2, 0.25) is 0 Å². The molecule has 9 heteroatoms. The molecule has 3 N–H and O–H groups in total. The van der Waals surface area contributed by atoms with Gasteiger partial charge in [-0.05, 0) is 55.2 Å². The molecule has 0 saturated carbocycles. The minimum absolute atomic E-state index is 0.0700. The number of aryl methyl sites for hydroxylation is 2. The van der Waals surface area contributed by atoms with E-state index in [2.05, 4.69) is 42.1 Å². The van der Waals surface area contributed by atoms with E-state index in [4.69, 9.17) is 0 Å². The second-order valence-corrected chi connectivity index (χ2v) is 9.56. The maximum Gasteiger partial charge on any atom is 0.319 e. The maximum atomic E-state index is 13.0. The van der Waals surface area contributed by atoms with Crippen LogP contribution in [0.4, 0.5) is 15.6 Å². The molecule has 0 aliphatic carbocycles. The lowest BCUT2D eigenvalue weighted by Gasteiger charge is -2.23. The van der Waals surface area contributed by atoms with Crippen molar-refractivity contribution in [2.75, 3.05) is 10.6 Å². The number of carbonyl (C=O) groups is 2. The molecule has 0 aliphatic heterocycles. The van der Waals surface area contributed by atoms with E-state index in [9.17, 15) is 9.59 Å². The lowest BCUT2D eigenvalue weighted by atomic mass is 9.98. The average Bonchev–Trinajstić information content (AvgIpc) is 3.23. The molecule has 0 aliphatic rings. The Balaban J connectivity index is 1.67. The quantitative estimate of drug-likeness (QED) is 0.372. The van der Waals surface area contributed by atoms with E-state index in [1.54, 1.807) is 0 Å². The molecular weight excluding hydrogens is 490 g/mol. The third-order valence-corrected chi connectivity index (χ3v) is 6.71. The molecule has 0 radical (unpaired) electrons. The average molecular weight is 516 g/mol. The SMILES string of the molecule is CCC(C)C(NC(=O)Nc1ccc(C)c(C)c1)C(=O)Nc1nnc(-c2ccc(Br)cc2)s1. The third kappa shape index (κ3) is 6.14. The van der Waals surface area contributed by atoms with Crippen molar-refractivity contribution < 1.29 is 9.59 Å². The molecule has 7 nitrogen and oxygen atoms in total. The minimum Gasteiger partial charge on any atom is -0.326 e. The molecule has 1 heterocycles. The molecule has 168 valence electrons. The predicted octanol–water partition coefficient (Wildman–Crippen LogP) is 5.76. The molecule has 0 saturated heterocycles. The number of aromatic nitrogens is 2. The van der Waals surface area contributed by atoms with Crippen LogP contribution in [0, 0.1) is 19.8 Å². The Morgan fingerprint density at radius 1 is 1.03 bits per heavy atom. The van der Waals surface area contributed by atoms with E-state index >= 15 is 0 Å². The first kappa shape index (κ1) is 23.9. The standard InChI is InChI=1S/C23H26BrN5O2S/c1-5-13(2)19(26-22(31)25-18-11-6-14(3)15(4)12-18)20(30)27-23-29-28-21(32-23)16-7-9-17(24)10-8-16/h6-13,19H,5H2,1-4H3,(H2,25,26,31)(H,27,29,30). The summed E-state index contributed by atoms with van der Waals surface area (Å²) in [7, 11) is 0. The van der Waals surface area contributed by atoms with Crippen LogP contribution in [0.1, 0.15) is 31.4 Å². The number of urea groups is 1. The predicted molar refractivity (Wildman–Crippen MR) is 133 cm³/mol. The van der Waals surface area contributed by atoms with Gasteiger partial charge in [0.1, 0.15) is 11.0 Å². The molecule has 0 bridgehead atoms. The van der Waals surface area contributed by atoms with Crippen molar-refractivity contribution in [1.29, 1.82) is 0 Å². The van der Waals surface area contributed by atoms with Gasteiger partial charge in [0.15, 0.2) is 0 Å². The van der Waals surface area contributed by atoms with Gasteiger partial charge >= 0.3 is 6.03 Å². The van der Waals surface area contributed by atoms with Gasteiger partial charge in [0.2, 0.25) is 11.0 Å². The number of rotatable bonds is 7. The van der Waals surface area contributed by atoms with Gasteiger partial charge in [0, 0.05) is 15.7 Å². The summed E-state index contributed by atoms with van der Waals surface area (Å²) >= 11 is 4.69. The lowest BCUT2D eigenvalue weighted by molar-refractivity contribution is -0.119. The number of hydrogen-bond donors (Lipinski definition) is 3. The summed E-state index contributed by atoms with van der Waals surface area (Å²) in [4.78, 5) is 25.6. The third-order valence-electron chi connectivity index (χ3n) is 5.29. The van der Waals surface area contributed by atoms with Crippen LogP contribution in [-0.4, -0.2) is 28.2 Å². The van der Waals surface area contributed by atoms with Crippen molar-refractivity contribution in [2.24, 2.45) is 5.92 Å². The molecule has 1 aromatic heterocycles. The Bertz CT molecular complexity index is 1100. The second-order valence-electron chi connectivity index (χ2n) is 7.67. The van der Waals surface area contributed by atoms with E-state index < -0.39 is 12.1 Å². The summed E-state index contributed by atoms with van der Waals surface area (Å²) in [6.45, 7) is 7.90. The van der Waals surface area contributed by atoms with Crippen LogP contribution in [0.5, 0.6) is 0 Å². The van der Waals surface area contributed by atoms with Crippen LogP contribution >= 0.6 is 27.3 Å². The summed E-state index contributed by atoms with van der Waals surface area (Å²) in [6.07, 6.45) is 0.724. The molecular formula is C23H26BrN5O2S. The topological polar surface area (TPSA) is 96.0 Å². The second kappa shape index (κ2) is 10.7. The van der Waals surface area contributed by atoms with Crippen LogP contribution < -0.4 is 16.0 Å². The van der Waals surface area contributed by atoms with Crippen molar-refractivity contribution in [3.8, 4) is 10.6 Å². The van der Waals surface area contributed by atoms with E-state index in [-0.39, 0.29) is 11.8 Å². The lowest BCUT2D eigenvalue weighted by Crippen LogP contribution is -2.49. The van der Waals surface area contributed by atoms with Crippen LogP contribution in [0.15, 0.2) is 46.9 Å². The van der Waals surface area contributed by atoms with Crippen molar-refractivity contribution in [2.45, 2.75) is 40.2 Å². The highest BCUT2D eigenvalue weighted by atomic mass is 79.9. The normalized spacial score (nSPS) is 12.7. The summed E-state index contributed by atoms with van der Waals surface area (Å²) in [6, 6.07) is 12.2. The summed E-state index contributed by atoms with van der Waals surface area (Å²) in [5, 5.41) is 17.7. The summed E-state index contributed by atoms with van der Waals surface area (Å²) in [5.41, 5.74) is 3.82. The van der Waals surface area contributed by atoms with E-state index in [1.165, 1.54) is 11.3 Å². The first-order valence-corrected chi connectivity index (χ1v) is 11.9. The van der Waals surface area contributed by atoms with Gasteiger partial charge in [-0.25, -0.2) is 4.79 Å². The number of amides is 3. The van der Waals surface area contributed by atoms with E-state index in [0.29, 0.717) is 15.8 Å². The highest BCUT2D eigenvalue weighted by Gasteiger charge is 2.27. The number of nitrogens with zero attached hydrogens (tertiary/aromatic N) is 2. The first-order valence-electron chi connectivity index (χ1n) is 10.3. The number of benzene rings is 2. The highest BCUT2D eigenvalue weighted by molar-refractivity contribution is 9.10. The maximum absolute atomic E-state index is 13.0. The summed E-state index contributed by atoms with van der Waals surface area (Å²) in [5.74, 6) is -0.396. The van der Waals surface area contributed by atoms with Crippen molar-refractivity contribution in [3.05, 3.63) is 58.1 Å². The minimum atomic E-state index is -0.716. The van der Waals surface area contributed by atoms with Gasteiger partial charge in [-0.1, -0.05) is 65.7 Å². The zero-order valence-electron chi connectivity index (χ0n) is 18.4. The van der Waals surface area contributed by atoms with Gasteiger partial charge in [-0.3, -0.25) is 10.1 Å². The van der Waals surface area contributed by atoms with E-state index in [1.807, 2.05) is 70.2 Å². The molecule has 2 atom stereocenters. The molecule has 32 heavy (non-hydrogen) atoms. The molecule has 2 unspecified atom stereocenters. The van der Waals surface area contributed by atoms with Crippen molar-refractivity contribution in [3.63, 3.8) is 0 Å². The van der Waals surface area contributed by atoms with Crippen molar-refractivity contribution in [1.82, 2.24) is 15.5 Å². The van der Waals surface area contributed by atoms with E-state index in [0.717, 1.165) is 27.6 Å². The summed E-state index contributed by atoms with van der Waals surface area (Å²) < 4.78 is 0.973. The van der Waals surface area contributed by atoms with Gasteiger partial charge in [0.25, 0.3) is 0 Å². The van der Waals surface area contributed by atoms with Gasteiger partial charge in [0.05, 0.1) is 0 Å². The molecule has 0 fully saturated rings. The Morgan fingerprint density at radius 2 is 1.75 bits per heavy atom. The Morgan fingerprint density at radius 3 is 2.41 bits per heavy atom. The van der Waals surface area contributed by atoms with Crippen LogP contribution in [0.25, 0.3) is 10.6 Å². The van der Waals surface area contributed by atoms with Crippen molar-refractivity contribution >= 4 is 50.0 Å². The molecule has 0 spiro atoms. The Labute approximate surface area is 200 Å². The monoisotopic (exact) mass is 515 g/mol. The molecule has 3 aromatic rings.